The maximum atomic E-state index is 12.9. The molecule has 3 rings (SSSR count). The molecule has 0 aliphatic heterocycles. The molecule has 0 fully saturated rings. The Kier molecular flexibility index (Phi) is 5.83. The number of benzene rings is 2. The van der Waals surface area contributed by atoms with Crippen molar-refractivity contribution in [1.82, 2.24) is 9.47 Å². The first kappa shape index (κ1) is 21.7. The lowest BCUT2D eigenvalue weighted by molar-refractivity contribution is -0.137. The molecule has 2 aromatic carbocycles. The molecule has 0 radical (unpaired) electrons. The van der Waals surface area contributed by atoms with E-state index in [0.29, 0.717) is 13.1 Å². The van der Waals surface area contributed by atoms with Crippen molar-refractivity contribution in [3.63, 3.8) is 0 Å². The lowest BCUT2D eigenvalue weighted by Crippen LogP contribution is -2.34. The molecule has 0 N–H and O–H groups in total. The van der Waals surface area contributed by atoms with Gasteiger partial charge in [-0.2, -0.15) is 13.2 Å². The Morgan fingerprint density at radius 3 is 2.27 bits per heavy atom. The molecule has 0 unspecified atom stereocenters. The molecular formula is C23H25F3N2O2. The fourth-order valence-electron chi connectivity index (χ4n) is 3.21. The van der Waals surface area contributed by atoms with Gasteiger partial charge in [-0.3, -0.25) is 0 Å². The Hall–Kier alpha value is -2.96. The fourth-order valence-corrected chi connectivity index (χ4v) is 3.21. The first-order valence-electron chi connectivity index (χ1n) is 9.61. The number of hydrogen-bond donors (Lipinski definition) is 0. The van der Waals surface area contributed by atoms with Crippen LogP contribution in [0.5, 0.6) is 0 Å². The van der Waals surface area contributed by atoms with E-state index in [0.717, 1.165) is 34.3 Å². The van der Waals surface area contributed by atoms with Gasteiger partial charge in [-0.15, -0.1) is 0 Å². The molecule has 0 bridgehead atoms. The number of amides is 1. The van der Waals surface area contributed by atoms with Gasteiger partial charge >= 0.3 is 12.3 Å². The van der Waals surface area contributed by atoms with Crippen LogP contribution < -0.4 is 0 Å². The number of halogens is 3. The first-order chi connectivity index (χ1) is 13.9. The van der Waals surface area contributed by atoms with Crippen LogP contribution in [0.4, 0.5) is 18.0 Å². The fraction of sp³-hybridized carbons (Fsp3) is 0.348. The number of nitrogens with zero attached hydrogens (tertiary/aromatic N) is 2. The van der Waals surface area contributed by atoms with Crippen molar-refractivity contribution >= 4 is 17.0 Å². The monoisotopic (exact) mass is 418 g/mol. The summed E-state index contributed by atoms with van der Waals surface area (Å²) >= 11 is 0. The lowest BCUT2D eigenvalue weighted by Gasteiger charge is -2.25. The van der Waals surface area contributed by atoms with Gasteiger partial charge in [0, 0.05) is 24.8 Å². The van der Waals surface area contributed by atoms with E-state index in [1.165, 1.54) is 17.0 Å². The normalized spacial score (nSPS) is 12.2. The number of para-hydroxylation sites is 1. The standard InChI is InChI=1S/C23H25F3N2O2/c1-22(2,3)30-21(29)27(4)15-19-13-17-7-5-6-8-20(17)28(19)14-16-9-11-18(12-10-16)23(24,25)26/h5-13H,14-15H2,1-4H3. The molecule has 0 saturated heterocycles. The summed E-state index contributed by atoms with van der Waals surface area (Å²) in [5.74, 6) is 0. The van der Waals surface area contributed by atoms with E-state index in [9.17, 15) is 18.0 Å². The van der Waals surface area contributed by atoms with Crippen LogP contribution in [-0.4, -0.2) is 28.2 Å². The summed E-state index contributed by atoms with van der Waals surface area (Å²) in [6.07, 6.45) is -4.80. The molecule has 0 spiro atoms. The molecule has 4 nitrogen and oxygen atoms in total. The largest absolute Gasteiger partial charge is 0.444 e. The highest BCUT2D eigenvalue weighted by Crippen LogP contribution is 2.30. The van der Waals surface area contributed by atoms with E-state index in [1.807, 2.05) is 34.9 Å². The second kappa shape index (κ2) is 8.05. The van der Waals surface area contributed by atoms with Crippen molar-refractivity contribution in [3.05, 3.63) is 71.4 Å². The van der Waals surface area contributed by atoms with E-state index in [-0.39, 0.29) is 0 Å². The zero-order valence-electron chi connectivity index (χ0n) is 17.5. The third-order valence-corrected chi connectivity index (χ3v) is 4.62. The highest BCUT2D eigenvalue weighted by molar-refractivity contribution is 5.81. The van der Waals surface area contributed by atoms with E-state index in [2.05, 4.69) is 0 Å². The molecular weight excluding hydrogens is 393 g/mol. The summed E-state index contributed by atoms with van der Waals surface area (Å²) in [7, 11) is 1.66. The SMILES string of the molecule is CN(Cc1cc2ccccc2n1Cc1ccc(C(F)(F)F)cc1)C(=O)OC(C)(C)C. The van der Waals surface area contributed by atoms with Gasteiger partial charge in [0.25, 0.3) is 0 Å². The summed E-state index contributed by atoms with van der Waals surface area (Å²) in [5.41, 5.74) is 1.28. The Balaban J connectivity index is 1.89. The van der Waals surface area contributed by atoms with Crippen molar-refractivity contribution in [2.45, 2.75) is 45.6 Å². The number of hydrogen-bond acceptors (Lipinski definition) is 2. The van der Waals surface area contributed by atoms with Gasteiger partial charge in [0.15, 0.2) is 0 Å². The molecule has 0 aliphatic rings. The van der Waals surface area contributed by atoms with Crippen LogP contribution in [0.1, 0.15) is 37.6 Å². The molecule has 1 amide bonds. The van der Waals surface area contributed by atoms with Crippen LogP contribution in [0, 0.1) is 0 Å². The average molecular weight is 418 g/mol. The summed E-state index contributed by atoms with van der Waals surface area (Å²) in [6.45, 7) is 6.12. The number of fused-ring (bicyclic) bond motifs is 1. The minimum atomic E-state index is -4.36. The number of carbonyl (C=O) groups excluding carboxylic acids is 1. The van der Waals surface area contributed by atoms with E-state index >= 15 is 0 Å². The highest BCUT2D eigenvalue weighted by atomic mass is 19.4. The Bertz CT molecular complexity index is 1030. The average Bonchev–Trinajstić information content (AvgIpc) is 2.97. The topological polar surface area (TPSA) is 34.5 Å². The molecule has 0 aliphatic carbocycles. The number of alkyl halides is 3. The maximum Gasteiger partial charge on any atom is 0.416 e. The smallest absolute Gasteiger partial charge is 0.416 e. The maximum absolute atomic E-state index is 12.9. The second-order valence-corrected chi connectivity index (χ2v) is 8.31. The lowest BCUT2D eigenvalue weighted by atomic mass is 10.1. The molecule has 0 atom stereocenters. The molecule has 3 aromatic rings. The highest BCUT2D eigenvalue weighted by Gasteiger charge is 2.30. The Labute approximate surface area is 173 Å². The van der Waals surface area contributed by atoms with Crippen LogP contribution in [0.25, 0.3) is 10.9 Å². The number of aromatic nitrogens is 1. The number of carbonyl (C=O) groups is 1. The number of rotatable bonds is 4. The van der Waals surface area contributed by atoms with Crippen LogP contribution in [0.2, 0.25) is 0 Å². The van der Waals surface area contributed by atoms with Crippen LogP contribution >= 0.6 is 0 Å². The van der Waals surface area contributed by atoms with E-state index in [4.69, 9.17) is 4.74 Å². The Morgan fingerprint density at radius 2 is 1.67 bits per heavy atom. The molecule has 160 valence electrons. The van der Waals surface area contributed by atoms with Gasteiger partial charge in [0.2, 0.25) is 0 Å². The van der Waals surface area contributed by atoms with Crippen LogP contribution in [0.15, 0.2) is 54.6 Å². The molecule has 30 heavy (non-hydrogen) atoms. The second-order valence-electron chi connectivity index (χ2n) is 8.31. The zero-order chi connectivity index (χ0) is 22.1. The van der Waals surface area contributed by atoms with Crippen molar-refractivity contribution in [3.8, 4) is 0 Å². The van der Waals surface area contributed by atoms with E-state index < -0.39 is 23.4 Å². The van der Waals surface area contributed by atoms with Crippen molar-refractivity contribution < 1.29 is 22.7 Å². The van der Waals surface area contributed by atoms with Crippen molar-refractivity contribution in [1.29, 1.82) is 0 Å². The van der Waals surface area contributed by atoms with Crippen molar-refractivity contribution in [2.75, 3.05) is 7.05 Å². The molecule has 7 heteroatoms. The molecule has 0 saturated carbocycles. The first-order valence-corrected chi connectivity index (χ1v) is 9.61. The number of ether oxygens (including phenoxy) is 1. The predicted molar refractivity (Wildman–Crippen MR) is 110 cm³/mol. The summed E-state index contributed by atoms with van der Waals surface area (Å²) in [4.78, 5) is 13.9. The van der Waals surface area contributed by atoms with Gasteiger partial charge in [-0.1, -0.05) is 30.3 Å². The van der Waals surface area contributed by atoms with Crippen LogP contribution in [0.3, 0.4) is 0 Å². The predicted octanol–water partition coefficient (Wildman–Crippen LogP) is 6.08. The molecule has 1 aromatic heterocycles. The van der Waals surface area contributed by atoms with Crippen molar-refractivity contribution in [2.24, 2.45) is 0 Å². The third-order valence-electron chi connectivity index (χ3n) is 4.62. The summed E-state index contributed by atoms with van der Waals surface area (Å²) < 4.78 is 46.0. The van der Waals surface area contributed by atoms with Gasteiger partial charge in [0.1, 0.15) is 5.60 Å². The van der Waals surface area contributed by atoms with Gasteiger partial charge in [-0.25, -0.2) is 4.79 Å². The van der Waals surface area contributed by atoms with E-state index in [1.54, 1.807) is 27.8 Å². The van der Waals surface area contributed by atoms with Gasteiger partial charge < -0.3 is 14.2 Å². The quantitative estimate of drug-likeness (QED) is 0.515. The third kappa shape index (κ3) is 5.14. The Morgan fingerprint density at radius 1 is 1.03 bits per heavy atom. The summed E-state index contributed by atoms with van der Waals surface area (Å²) in [5, 5.41) is 0.997. The van der Waals surface area contributed by atoms with Gasteiger partial charge in [-0.05, 0) is 56.0 Å². The molecule has 1 heterocycles. The zero-order valence-corrected chi connectivity index (χ0v) is 17.5. The van der Waals surface area contributed by atoms with Gasteiger partial charge in [0.05, 0.1) is 12.1 Å². The van der Waals surface area contributed by atoms with Crippen LogP contribution in [-0.2, 0) is 24.0 Å². The minimum Gasteiger partial charge on any atom is -0.444 e. The minimum absolute atomic E-state index is 0.310. The summed E-state index contributed by atoms with van der Waals surface area (Å²) in [6, 6.07) is 14.9.